The second-order valence-corrected chi connectivity index (χ2v) is 2.89. The number of carboxylic acid groups (broad SMARTS) is 1. The average molecular weight is 210 g/mol. The van der Waals surface area contributed by atoms with Gasteiger partial charge in [0.25, 0.3) is 0 Å². The van der Waals surface area contributed by atoms with E-state index in [-0.39, 0.29) is 11.3 Å². The molecular formula is C9H11BO5. The highest BCUT2D eigenvalue weighted by Crippen LogP contribution is 2.23. The third kappa shape index (κ3) is 2.71. The van der Waals surface area contributed by atoms with Crippen molar-refractivity contribution in [3.05, 3.63) is 29.3 Å². The van der Waals surface area contributed by atoms with E-state index in [0.717, 1.165) is 0 Å². The van der Waals surface area contributed by atoms with Crippen molar-refractivity contribution >= 4 is 13.3 Å². The summed E-state index contributed by atoms with van der Waals surface area (Å²) in [6.07, 6.45) is 0.435. The average Bonchev–Trinajstić information content (AvgIpc) is 2.16. The third-order valence-corrected chi connectivity index (χ3v) is 1.95. The van der Waals surface area contributed by atoms with Crippen molar-refractivity contribution in [2.75, 3.05) is 0 Å². The molecule has 0 fully saturated rings. The van der Waals surface area contributed by atoms with Crippen LogP contribution in [-0.4, -0.2) is 28.4 Å². The fourth-order valence-corrected chi connectivity index (χ4v) is 1.35. The van der Waals surface area contributed by atoms with Gasteiger partial charge in [0.15, 0.2) is 0 Å². The van der Waals surface area contributed by atoms with Crippen LogP contribution in [0, 0.1) is 0 Å². The zero-order valence-electron chi connectivity index (χ0n) is 8.17. The molecule has 15 heavy (non-hydrogen) atoms. The summed E-state index contributed by atoms with van der Waals surface area (Å²) in [5.41, 5.74) is 0.550. The maximum absolute atomic E-state index is 10.8. The summed E-state index contributed by atoms with van der Waals surface area (Å²) in [5.74, 6) is -0.892. The Morgan fingerprint density at radius 2 is 2.13 bits per heavy atom. The number of hydrogen-bond donors (Lipinski definition) is 3. The molecule has 0 aliphatic heterocycles. The van der Waals surface area contributed by atoms with Gasteiger partial charge in [-0.2, -0.15) is 0 Å². The minimum absolute atomic E-state index is 0.107. The molecule has 0 unspecified atom stereocenters. The van der Waals surface area contributed by atoms with Crippen LogP contribution >= 0.6 is 0 Å². The van der Waals surface area contributed by atoms with Crippen LogP contribution in [0.1, 0.15) is 22.8 Å². The summed E-state index contributed by atoms with van der Waals surface area (Å²) < 4.78 is 4.67. The van der Waals surface area contributed by atoms with Crippen LogP contribution in [0.3, 0.4) is 0 Å². The second-order valence-electron chi connectivity index (χ2n) is 2.89. The molecule has 0 saturated heterocycles. The van der Waals surface area contributed by atoms with E-state index < -0.39 is 13.3 Å². The van der Waals surface area contributed by atoms with Crippen molar-refractivity contribution in [1.82, 2.24) is 0 Å². The van der Waals surface area contributed by atoms with Gasteiger partial charge in [0.2, 0.25) is 0 Å². The van der Waals surface area contributed by atoms with Crippen molar-refractivity contribution in [3.8, 4) is 5.75 Å². The molecular weight excluding hydrogens is 199 g/mol. The van der Waals surface area contributed by atoms with Gasteiger partial charge >= 0.3 is 13.3 Å². The van der Waals surface area contributed by atoms with Crippen LogP contribution in [0.5, 0.6) is 5.75 Å². The molecule has 1 aromatic carbocycles. The molecule has 0 saturated carbocycles. The number of hydrogen-bond acceptors (Lipinski definition) is 4. The molecule has 0 heterocycles. The Labute approximate surface area is 87.1 Å². The summed E-state index contributed by atoms with van der Waals surface area (Å²) in [6, 6.07) is 4.42. The lowest BCUT2D eigenvalue weighted by molar-refractivity contribution is 0.0695. The van der Waals surface area contributed by atoms with Crippen molar-refractivity contribution in [1.29, 1.82) is 0 Å². The zero-order valence-corrected chi connectivity index (χ0v) is 8.17. The normalized spacial score (nSPS) is 9.80. The summed E-state index contributed by atoms with van der Waals surface area (Å²) in [5, 5.41) is 26.2. The van der Waals surface area contributed by atoms with Crippen molar-refractivity contribution in [2.24, 2.45) is 0 Å². The van der Waals surface area contributed by atoms with Gasteiger partial charge in [-0.05, 0) is 18.6 Å². The van der Waals surface area contributed by atoms with Gasteiger partial charge in [-0.15, -0.1) is 0 Å². The molecule has 0 aliphatic rings. The van der Waals surface area contributed by atoms with Crippen LogP contribution in [0.15, 0.2) is 18.2 Å². The molecule has 6 heteroatoms. The predicted molar refractivity (Wildman–Crippen MR) is 53.6 cm³/mol. The molecule has 0 amide bonds. The molecule has 0 aliphatic carbocycles. The highest BCUT2D eigenvalue weighted by atomic mass is 16.6. The fraction of sp³-hybridized carbons (Fsp3) is 0.222. The summed E-state index contributed by atoms with van der Waals surface area (Å²) in [4.78, 5) is 10.8. The van der Waals surface area contributed by atoms with E-state index in [0.29, 0.717) is 12.0 Å². The largest absolute Gasteiger partial charge is 0.707 e. The van der Waals surface area contributed by atoms with Crippen LogP contribution < -0.4 is 4.65 Å². The molecule has 0 radical (unpaired) electrons. The van der Waals surface area contributed by atoms with Gasteiger partial charge in [0, 0.05) is 5.56 Å². The Hall–Kier alpha value is -1.53. The number of benzene rings is 1. The van der Waals surface area contributed by atoms with E-state index >= 15 is 0 Å². The summed E-state index contributed by atoms with van der Waals surface area (Å²) in [6.45, 7) is 1.76. The highest BCUT2D eigenvalue weighted by Gasteiger charge is 2.17. The number of carbonyl (C=O) groups is 1. The molecule has 0 spiro atoms. The molecule has 5 nitrogen and oxygen atoms in total. The van der Waals surface area contributed by atoms with Crippen LogP contribution in [-0.2, 0) is 6.42 Å². The lowest BCUT2D eigenvalue weighted by atomic mass is 10.0. The molecule has 0 bridgehead atoms. The SMILES string of the molecule is CCc1c(OB(O)O)cccc1C(=O)O. The van der Waals surface area contributed by atoms with E-state index in [9.17, 15) is 4.79 Å². The van der Waals surface area contributed by atoms with E-state index in [1.807, 2.05) is 0 Å². The van der Waals surface area contributed by atoms with Crippen LogP contribution in [0.2, 0.25) is 0 Å². The van der Waals surface area contributed by atoms with Gasteiger partial charge in [-0.1, -0.05) is 13.0 Å². The van der Waals surface area contributed by atoms with Gasteiger partial charge < -0.3 is 19.8 Å². The van der Waals surface area contributed by atoms with Gasteiger partial charge in [-0.3, -0.25) is 0 Å². The zero-order chi connectivity index (χ0) is 11.4. The second kappa shape index (κ2) is 4.81. The molecule has 3 N–H and O–H groups in total. The molecule has 80 valence electrons. The van der Waals surface area contributed by atoms with E-state index in [1.165, 1.54) is 18.2 Å². The Kier molecular flexibility index (Phi) is 3.71. The lowest BCUT2D eigenvalue weighted by Crippen LogP contribution is -2.21. The van der Waals surface area contributed by atoms with Gasteiger partial charge in [-0.25, -0.2) is 4.79 Å². The van der Waals surface area contributed by atoms with Crippen molar-refractivity contribution in [2.45, 2.75) is 13.3 Å². The molecule has 1 rings (SSSR count). The maximum atomic E-state index is 10.8. The van der Waals surface area contributed by atoms with Crippen molar-refractivity contribution in [3.63, 3.8) is 0 Å². The Balaban J connectivity index is 3.16. The van der Waals surface area contributed by atoms with E-state index in [1.54, 1.807) is 6.92 Å². The van der Waals surface area contributed by atoms with E-state index in [2.05, 4.69) is 4.65 Å². The quantitative estimate of drug-likeness (QED) is 0.622. The van der Waals surface area contributed by atoms with Gasteiger partial charge in [0.05, 0.1) is 5.56 Å². The smallest absolute Gasteiger partial charge is 0.512 e. The highest BCUT2D eigenvalue weighted by molar-refractivity contribution is 6.33. The topological polar surface area (TPSA) is 87.0 Å². The first-order chi connectivity index (χ1) is 7.06. The van der Waals surface area contributed by atoms with Gasteiger partial charge in [0.1, 0.15) is 5.75 Å². The summed E-state index contributed by atoms with van der Waals surface area (Å²) >= 11 is 0. The Bertz CT molecular complexity index is 364. The minimum atomic E-state index is -1.95. The number of carboxylic acids is 1. The fourth-order valence-electron chi connectivity index (χ4n) is 1.35. The molecule has 1 aromatic rings. The van der Waals surface area contributed by atoms with Crippen LogP contribution in [0.25, 0.3) is 0 Å². The van der Waals surface area contributed by atoms with E-state index in [4.69, 9.17) is 15.2 Å². The predicted octanol–water partition coefficient (Wildman–Crippen LogP) is 0.296. The first-order valence-corrected chi connectivity index (χ1v) is 4.44. The van der Waals surface area contributed by atoms with Crippen LogP contribution in [0.4, 0.5) is 0 Å². The minimum Gasteiger partial charge on any atom is -0.512 e. The lowest BCUT2D eigenvalue weighted by Gasteiger charge is -2.11. The third-order valence-electron chi connectivity index (χ3n) is 1.95. The molecule has 0 aromatic heterocycles. The first kappa shape index (κ1) is 11.5. The maximum Gasteiger partial charge on any atom is 0.707 e. The number of rotatable bonds is 4. The number of aromatic carboxylic acids is 1. The first-order valence-electron chi connectivity index (χ1n) is 4.44. The molecule has 0 atom stereocenters. The monoisotopic (exact) mass is 210 g/mol. The Morgan fingerprint density at radius 3 is 2.60 bits per heavy atom. The Morgan fingerprint density at radius 1 is 1.47 bits per heavy atom. The summed E-state index contributed by atoms with van der Waals surface area (Å²) in [7, 11) is -1.95. The standard InChI is InChI=1S/C9H11BO5/c1-2-6-7(9(11)12)4-3-5-8(6)15-10(13)14/h3-5,13-14H,2H2,1H3,(H,11,12). The van der Waals surface area contributed by atoms with Crippen molar-refractivity contribution < 1.29 is 24.6 Å².